The Kier molecular flexibility index (Phi) is 3.82. The number of anilines is 1. The number of carbonyl (C=O) groups is 2. The lowest BCUT2D eigenvalue weighted by molar-refractivity contribution is -0.137. The number of carbonyl (C=O) groups excluding carboxylic acids is 2. The third-order valence-corrected chi connectivity index (χ3v) is 3.65. The molecule has 6 heteroatoms. The molecule has 0 aromatic heterocycles. The SMILES string of the molecule is CC(C)C(=O)C1(C(=O)Nc2ccc(C(F)(F)F)cc2)CC1. The molecule has 21 heavy (non-hydrogen) atoms. The minimum absolute atomic E-state index is 0.119. The standard InChI is InChI=1S/C15H16F3NO2/c1-9(2)12(20)14(7-8-14)13(21)19-11-5-3-10(4-6-11)15(16,17)18/h3-6,9H,7-8H2,1-2H3,(H,19,21). The second kappa shape index (κ2) is 5.16. The Morgan fingerprint density at radius 1 is 1.14 bits per heavy atom. The van der Waals surface area contributed by atoms with Gasteiger partial charge in [0.2, 0.25) is 5.91 Å². The molecule has 2 rings (SSSR count). The van der Waals surface area contributed by atoms with Crippen LogP contribution in [0.4, 0.5) is 18.9 Å². The second-order valence-electron chi connectivity index (χ2n) is 5.63. The summed E-state index contributed by atoms with van der Waals surface area (Å²) < 4.78 is 37.3. The Bertz CT molecular complexity index is 557. The molecule has 0 bridgehead atoms. The molecule has 3 nitrogen and oxygen atoms in total. The first-order chi connectivity index (χ1) is 9.67. The average Bonchev–Trinajstić information content (AvgIpc) is 3.18. The molecule has 1 aromatic rings. The van der Waals surface area contributed by atoms with Gasteiger partial charge in [-0.25, -0.2) is 0 Å². The van der Waals surface area contributed by atoms with Crippen LogP contribution in [0.5, 0.6) is 0 Å². The van der Waals surface area contributed by atoms with Crippen molar-refractivity contribution in [2.75, 3.05) is 5.32 Å². The van der Waals surface area contributed by atoms with E-state index in [4.69, 9.17) is 0 Å². The van der Waals surface area contributed by atoms with Crippen LogP contribution in [0.2, 0.25) is 0 Å². The van der Waals surface area contributed by atoms with Gasteiger partial charge in [-0.2, -0.15) is 13.2 Å². The molecule has 1 fully saturated rings. The Hall–Kier alpha value is -1.85. The summed E-state index contributed by atoms with van der Waals surface area (Å²) in [5.74, 6) is -0.793. The van der Waals surface area contributed by atoms with E-state index in [0.717, 1.165) is 12.1 Å². The quantitative estimate of drug-likeness (QED) is 0.863. The summed E-state index contributed by atoms with van der Waals surface area (Å²) in [5, 5.41) is 2.53. The molecule has 1 aromatic carbocycles. The van der Waals surface area contributed by atoms with E-state index >= 15 is 0 Å². The molecule has 0 radical (unpaired) electrons. The number of nitrogens with one attached hydrogen (secondary N) is 1. The maximum absolute atomic E-state index is 12.4. The first-order valence-corrected chi connectivity index (χ1v) is 6.70. The number of hydrogen-bond acceptors (Lipinski definition) is 2. The Morgan fingerprint density at radius 2 is 1.67 bits per heavy atom. The van der Waals surface area contributed by atoms with Crippen LogP contribution in [-0.2, 0) is 15.8 Å². The number of benzene rings is 1. The lowest BCUT2D eigenvalue weighted by Gasteiger charge is -2.16. The number of Topliss-reactive ketones (excluding diaryl/α,β-unsaturated/α-hetero) is 1. The Morgan fingerprint density at radius 3 is 2.05 bits per heavy atom. The minimum Gasteiger partial charge on any atom is -0.325 e. The maximum Gasteiger partial charge on any atom is 0.416 e. The molecular weight excluding hydrogens is 283 g/mol. The highest BCUT2D eigenvalue weighted by Gasteiger charge is 2.56. The van der Waals surface area contributed by atoms with Gasteiger partial charge in [-0.3, -0.25) is 9.59 Å². The summed E-state index contributed by atoms with van der Waals surface area (Å²) in [6.07, 6.45) is -3.42. The van der Waals surface area contributed by atoms with Crippen LogP contribution in [0.1, 0.15) is 32.3 Å². The van der Waals surface area contributed by atoms with Crippen molar-refractivity contribution in [3.05, 3.63) is 29.8 Å². The molecule has 1 amide bonds. The van der Waals surface area contributed by atoms with Crippen LogP contribution in [0, 0.1) is 11.3 Å². The van der Waals surface area contributed by atoms with Gasteiger partial charge in [0.25, 0.3) is 0 Å². The molecule has 0 heterocycles. The normalized spacial score (nSPS) is 16.7. The van der Waals surface area contributed by atoms with Crippen LogP contribution in [0.15, 0.2) is 24.3 Å². The van der Waals surface area contributed by atoms with E-state index in [1.54, 1.807) is 13.8 Å². The number of hydrogen-bond donors (Lipinski definition) is 1. The Balaban J connectivity index is 2.09. The number of alkyl halides is 3. The van der Waals surface area contributed by atoms with Gasteiger partial charge in [-0.1, -0.05) is 13.8 Å². The molecule has 0 saturated heterocycles. The average molecular weight is 299 g/mol. The molecule has 0 aliphatic heterocycles. The third kappa shape index (κ3) is 3.09. The van der Waals surface area contributed by atoms with E-state index in [9.17, 15) is 22.8 Å². The van der Waals surface area contributed by atoms with Crippen LogP contribution in [-0.4, -0.2) is 11.7 Å². The van der Waals surface area contributed by atoms with Crippen molar-refractivity contribution in [1.82, 2.24) is 0 Å². The molecule has 0 unspecified atom stereocenters. The van der Waals surface area contributed by atoms with E-state index < -0.39 is 23.1 Å². The van der Waals surface area contributed by atoms with Gasteiger partial charge >= 0.3 is 6.18 Å². The van der Waals surface area contributed by atoms with E-state index in [-0.39, 0.29) is 17.4 Å². The molecule has 1 saturated carbocycles. The summed E-state index contributed by atoms with van der Waals surface area (Å²) in [4.78, 5) is 24.2. The van der Waals surface area contributed by atoms with Crippen LogP contribution >= 0.6 is 0 Å². The second-order valence-corrected chi connectivity index (χ2v) is 5.63. The first-order valence-electron chi connectivity index (χ1n) is 6.70. The van der Waals surface area contributed by atoms with Crippen molar-refractivity contribution >= 4 is 17.4 Å². The molecule has 114 valence electrons. The summed E-state index contributed by atoms with van der Waals surface area (Å²) >= 11 is 0. The number of halogens is 3. The number of ketones is 1. The Labute approximate surface area is 120 Å². The molecular formula is C15H16F3NO2. The fourth-order valence-electron chi connectivity index (χ4n) is 2.26. The van der Waals surface area contributed by atoms with Gasteiger partial charge in [0, 0.05) is 11.6 Å². The van der Waals surface area contributed by atoms with Gasteiger partial charge < -0.3 is 5.32 Å². The van der Waals surface area contributed by atoms with Gasteiger partial charge in [0.05, 0.1) is 5.56 Å². The van der Waals surface area contributed by atoms with Gasteiger partial charge in [0.1, 0.15) is 5.41 Å². The lowest BCUT2D eigenvalue weighted by atomic mass is 9.91. The molecule has 1 aliphatic rings. The topological polar surface area (TPSA) is 46.2 Å². The first kappa shape index (κ1) is 15.5. The van der Waals surface area contributed by atoms with Gasteiger partial charge in [0.15, 0.2) is 5.78 Å². The van der Waals surface area contributed by atoms with Gasteiger partial charge in [-0.05, 0) is 37.1 Å². The van der Waals surface area contributed by atoms with Crippen molar-refractivity contribution in [2.24, 2.45) is 11.3 Å². The van der Waals surface area contributed by atoms with Crippen LogP contribution < -0.4 is 5.32 Å². The maximum atomic E-state index is 12.4. The van der Waals surface area contributed by atoms with Crippen LogP contribution in [0.25, 0.3) is 0 Å². The molecule has 1 aliphatic carbocycles. The number of amides is 1. The predicted octanol–water partition coefficient (Wildman–Crippen LogP) is 3.65. The van der Waals surface area contributed by atoms with Crippen molar-refractivity contribution < 1.29 is 22.8 Å². The lowest BCUT2D eigenvalue weighted by Crippen LogP contribution is -2.34. The zero-order valence-electron chi connectivity index (χ0n) is 11.8. The van der Waals surface area contributed by atoms with Crippen molar-refractivity contribution in [3.8, 4) is 0 Å². The summed E-state index contributed by atoms with van der Waals surface area (Å²) in [5.41, 5.74) is -1.51. The summed E-state index contributed by atoms with van der Waals surface area (Å²) in [6, 6.07) is 4.19. The highest BCUT2D eigenvalue weighted by Crippen LogP contribution is 2.49. The smallest absolute Gasteiger partial charge is 0.325 e. The molecule has 0 atom stereocenters. The summed E-state index contributed by atoms with van der Waals surface area (Å²) in [7, 11) is 0. The molecule has 1 N–H and O–H groups in total. The zero-order valence-corrected chi connectivity index (χ0v) is 11.8. The van der Waals surface area contributed by atoms with Crippen molar-refractivity contribution in [1.29, 1.82) is 0 Å². The van der Waals surface area contributed by atoms with E-state index in [1.165, 1.54) is 12.1 Å². The fraction of sp³-hybridized carbons (Fsp3) is 0.467. The third-order valence-electron chi connectivity index (χ3n) is 3.65. The van der Waals surface area contributed by atoms with Crippen molar-refractivity contribution in [2.45, 2.75) is 32.9 Å². The van der Waals surface area contributed by atoms with E-state index in [2.05, 4.69) is 5.32 Å². The van der Waals surface area contributed by atoms with Crippen LogP contribution in [0.3, 0.4) is 0 Å². The van der Waals surface area contributed by atoms with Gasteiger partial charge in [-0.15, -0.1) is 0 Å². The minimum atomic E-state index is -4.41. The zero-order chi connectivity index (χ0) is 15.8. The van der Waals surface area contributed by atoms with Crippen molar-refractivity contribution in [3.63, 3.8) is 0 Å². The fourth-order valence-corrected chi connectivity index (χ4v) is 2.26. The van der Waals surface area contributed by atoms with E-state index in [1.807, 2.05) is 0 Å². The highest BCUT2D eigenvalue weighted by atomic mass is 19.4. The monoisotopic (exact) mass is 299 g/mol. The summed E-state index contributed by atoms with van der Waals surface area (Å²) in [6.45, 7) is 3.46. The number of rotatable bonds is 4. The highest BCUT2D eigenvalue weighted by molar-refractivity contribution is 6.14. The van der Waals surface area contributed by atoms with E-state index in [0.29, 0.717) is 12.8 Å². The molecule has 0 spiro atoms. The largest absolute Gasteiger partial charge is 0.416 e. The predicted molar refractivity (Wildman–Crippen MR) is 71.6 cm³/mol.